The van der Waals surface area contributed by atoms with Crippen LogP contribution in [0.5, 0.6) is 0 Å². The molecule has 2 aromatic carbocycles. The number of carbonyl (C=O) groups is 2. The number of hydrogen-bond acceptors (Lipinski definition) is 6. The van der Waals surface area contributed by atoms with Crippen molar-refractivity contribution in [2.45, 2.75) is 12.3 Å². The smallest absolute Gasteiger partial charge is 0.341 e. The Morgan fingerprint density at radius 2 is 1.90 bits per heavy atom. The molecular weight excluding hydrogens is 370 g/mol. The van der Waals surface area contributed by atoms with E-state index in [0.29, 0.717) is 16.8 Å². The summed E-state index contributed by atoms with van der Waals surface area (Å²) < 4.78 is 10.9. The Kier molecular flexibility index (Phi) is 4.32. The zero-order valence-corrected chi connectivity index (χ0v) is 15.6. The average Bonchev–Trinajstić information content (AvgIpc) is 3.01. The van der Waals surface area contributed by atoms with Crippen LogP contribution in [0.25, 0.3) is 5.76 Å². The molecule has 0 fully saturated rings. The molecule has 1 amide bonds. The normalized spacial score (nSPS) is 20.1. The van der Waals surface area contributed by atoms with Gasteiger partial charge in [0.2, 0.25) is 11.8 Å². The Morgan fingerprint density at radius 3 is 2.59 bits per heavy atom. The van der Waals surface area contributed by atoms with Gasteiger partial charge in [-0.1, -0.05) is 48.5 Å². The van der Waals surface area contributed by atoms with Gasteiger partial charge in [-0.05, 0) is 13.0 Å². The third kappa shape index (κ3) is 2.50. The van der Waals surface area contributed by atoms with Crippen molar-refractivity contribution in [1.82, 2.24) is 0 Å². The molecule has 7 heteroatoms. The summed E-state index contributed by atoms with van der Waals surface area (Å²) in [7, 11) is 0. The van der Waals surface area contributed by atoms with E-state index >= 15 is 0 Å². The van der Waals surface area contributed by atoms with E-state index in [1.807, 2.05) is 6.07 Å². The summed E-state index contributed by atoms with van der Waals surface area (Å²) in [4.78, 5) is 26.2. The highest BCUT2D eigenvalue weighted by atomic mass is 16.5. The quantitative estimate of drug-likeness (QED) is 0.783. The van der Waals surface area contributed by atoms with Crippen molar-refractivity contribution < 1.29 is 19.1 Å². The van der Waals surface area contributed by atoms with Gasteiger partial charge in [-0.3, -0.25) is 4.79 Å². The first-order chi connectivity index (χ1) is 14.1. The molecule has 29 heavy (non-hydrogen) atoms. The Bertz CT molecular complexity index is 1130. The number of fused-ring (bicyclic) bond motifs is 2. The van der Waals surface area contributed by atoms with Gasteiger partial charge in [0.05, 0.1) is 12.2 Å². The third-order valence-electron chi connectivity index (χ3n) is 4.98. The molecule has 0 saturated heterocycles. The minimum atomic E-state index is -1.76. The van der Waals surface area contributed by atoms with Crippen LogP contribution in [0.1, 0.15) is 18.1 Å². The summed E-state index contributed by atoms with van der Waals surface area (Å²) in [6.07, 6.45) is 0. The van der Waals surface area contributed by atoms with E-state index in [0.717, 1.165) is 0 Å². The molecule has 2 aliphatic heterocycles. The molecule has 0 aromatic heterocycles. The van der Waals surface area contributed by atoms with Crippen LogP contribution in [0.15, 0.2) is 71.6 Å². The molecule has 1 unspecified atom stereocenters. The van der Waals surface area contributed by atoms with Crippen LogP contribution in [-0.4, -0.2) is 18.5 Å². The Morgan fingerprint density at radius 1 is 1.21 bits per heavy atom. The number of para-hydroxylation sites is 1. The second kappa shape index (κ2) is 6.84. The number of ether oxygens (including phenoxy) is 2. The van der Waals surface area contributed by atoms with Crippen molar-refractivity contribution in [1.29, 1.82) is 5.26 Å². The highest BCUT2D eigenvalue weighted by Crippen LogP contribution is 2.53. The van der Waals surface area contributed by atoms with Gasteiger partial charge in [-0.25, -0.2) is 4.79 Å². The lowest BCUT2D eigenvalue weighted by atomic mass is 9.67. The summed E-state index contributed by atoms with van der Waals surface area (Å²) >= 11 is 0. The number of anilines is 1. The molecule has 2 aliphatic rings. The summed E-state index contributed by atoms with van der Waals surface area (Å²) in [5, 5.41) is 12.9. The summed E-state index contributed by atoms with van der Waals surface area (Å²) in [5.41, 5.74) is 5.69. The fourth-order valence-corrected chi connectivity index (χ4v) is 3.83. The lowest BCUT2D eigenvalue weighted by Gasteiger charge is -2.34. The van der Waals surface area contributed by atoms with Crippen molar-refractivity contribution in [3.8, 4) is 6.07 Å². The maximum absolute atomic E-state index is 13.4. The van der Waals surface area contributed by atoms with E-state index in [9.17, 15) is 14.9 Å². The standard InChI is InChI=1S/C22H17N3O4/c1-2-28-20(26)17-19(24)29-18(13-8-4-3-5-9-13)15(12-23)22(17)14-10-6-7-11-16(14)25-21(22)27/h3-11H,2,24H2,1H3,(H,25,27). The first-order valence-corrected chi connectivity index (χ1v) is 9.02. The first-order valence-electron chi connectivity index (χ1n) is 9.02. The molecule has 2 aromatic rings. The van der Waals surface area contributed by atoms with Crippen molar-refractivity contribution in [2.75, 3.05) is 11.9 Å². The lowest BCUT2D eigenvalue weighted by Crippen LogP contribution is -2.46. The first kappa shape index (κ1) is 18.3. The van der Waals surface area contributed by atoms with Gasteiger partial charge in [0.25, 0.3) is 0 Å². The molecule has 3 N–H and O–H groups in total. The zero-order valence-electron chi connectivity index (χ0n) is 15.6. The fourth-order valence-electron chi connectivity index (χ4n) is 3.83. The predicted octanol–water partition coefficient (Wildman–Crippen LogP) is 2.57. The number of nitrogens with zero attached hydrogens (tertiary/aromatic N) is 1. The maximum atomic E-state index is 13.4. The lowest BCUT2D eigenvalue weighted by molar-refractivity contribution is -0.140. The number of nitrogens with one attached hydrogen (secondary N) is 1. The van der Waals surface area contributed by atoms with Gasteiger partial charge in [0.15, 0.2) is 11.2 Å². The number of esters is 1. The number of benzene rings is 2. The Balaban J connectivity index is 2.10. The van der Waals surface area contributed by atoms with Crippen LogP contribution in [-0.2, 0) is 24.5 Å². The minimum Gasteiger partial charge on any atom is -0.462 e. The molecule has 2 heterocycles. The summed E-state index contributed by atoms with van der Waals surface area (Å²) in [6.45, 7) is 1.72. The Labute approximate surface area is 167 Å². The highest BCUT2D eigenvalue weighted by Gasteiger charge is 2.60. The van der Waals surface area contributed by atoms with Crippen LogP contribution in [0.3, 0.4) is 0 Å². The number of nitrogens with two attached hydrogens (primary N) is 1. The minimum absolute atomic E-state index is 0.0246. The number of carbonyl (C=O) groups excluding carboxylic acids is 2. The van der Waals surface area contributed by atoms with Crippen molar-refractivity contribution in [3.05, 3.63) is 82.8 Å². The second-order valence-electron chi connectivity index (χ2n) is 6.49. The van der Waals surface area contributed by atoms with Crippen LogP contribution >= 0.6 is 0 Å². The molecule has 1 spiro atoms. The zero-order chi connectivity index (χ0) is 20.6. The van der Waals surface area contributed by atoms with Crippen LogP contribution in [0.2, 0.25) is 0 Å². The van der Waals surface area contributed by atoms with Gasteiger partial charge in [-0.2, -0.15) is 5.26 Å². The monoisotopic (exact) mass is 387 g/mol. The van der Waals surface area contributed by atoms with Gasteiger partial charge < -0.3 is 20.5 Å². The number of hydrogen-bond donors (Lipinski definition) is 2. The summed E-state index contributed by atoms with van der Waals surface area (Å²) in [5.74, 6) is -1.51. The predicted molar refractivity (Wildman–Crippen MR) is 105 cm³/mol. The maximum Gasteiger partial charge on any atom is 0.341 e. The van der Waals surface area contributed by atoms with Crippen LogP contribution in [0, 0.1) is 11.3 Å². The topological polar surface area (TPSA) is 114 Å². The molecule has 0 saturated carbocycles. The van der Waals surface area contributed by atoms with E-state index in [1.165, 1.54) is 0 Å². The molecule has 4 rings (SSSR count). The number of rotatable bonds is 3. The molecule has 144 valence electrons. The second-order valence-corrected chi connectivity index (χ2v) is 6.49. The average molecular weight is 387 g/mol. The molecular formula is C22H17N3O4. The van der Waals surface area contributed by atoms with Crippen molar-refractivity contribution >= 4 is 23.3 Å². The van der Waals surface area contributed by atoms with Gasteiger partial charge in [-0.15, -0.1) is 0 Å². The number of amides is 1. The third-order valence-corrected chi connectivity index (χ3v) is 4.98. The van der Waals surface area contributed by atoms with Crippen molar-refractivity contribution in [3.63, 3.8) is 0 Å². The van der Waals surface area contributed by atoms with E-state index in [4.69, 9.17) is 15.2 Å². The highest BCUT2D eigenvalue weighted by molar-refractivity contribution is 6.18. The fraction of sp³-hybridized carbons (Fsp3) is 0.136. The molecule has 1 atom stereocenters. The largest absolute Gasteiger partial charge is 0.462 e. The van der Waals surface area contributed by atoms with Crippen molar-refractivity contribution in [2.24, 2.45) is 5.73 Å². The van der Waals surface area contributed by atoms with E-state index < -0.39 is 17.3 Å². The Hall–Kier alpha value is -4.05. The number of nitriles is 1. The SMILES string of the molecule is CCOC(=O)C1=C(N)OC(c2ccccc2)=C(C#N)C12C(=O)Nc1ccccc12. The molecule has 0 aliphatic carbocycles. The van der Waals surface area contributed by atoms with Gasteiger partial charge >= 0.3 is 5.97 Å². The summed E-state index contributed by atoms with van der Waals surface area (Å²) in [6, 6.07) is 17.8. The van der Waals surface area contributed by atoms with Gasteiger partial charge in [0.1, 0.15) is 11.6 Å². The van der Waals surface area contributed by atoms with Crippen LogP contribution in [0.4, 0.5) is 5.69 Å². The molecule has 7 nitrogen and oxygen atoms in total. The molecule has 0 radical (unpaired) electrons. The molecule has 0 bridgehead atoms. The van der Waals surface area contributed by atoms with E-state index in [2.05, 4.69) is 11.4 Å². The van der Waals surface area contributed by atoms with E-state index in [1.54, 1.807) is 55.5 Å². The van der Waals surface area contributed by atoms with Crippen LogP contribution < -0.4 is 11.1 Å². The van der Waals surface area contributed by atoms with E-state index in [-0.39, 0.29) is 29.4 Å². The van der Waals surface area contributed by atoms with Gasteiger partial charge in [0, 0.05) is 16.8 Å².